The zero-order valence-electron chi connectivity index (χ0n) is 10.8. The second-order valence-corrected chi connectivity index (χ2v) is 5.01. The molecule has 0 aromatic carbocycles. The molecule has 0 amide bonds. The second-order valence-electron chi connectivity index (χ2n) is 5.01. The van der Waals surface area contributed by atoms with Crippen LogP contribution in [0.2, 0.25) is 0 Å². The number of Topliss-reactive ketones (excluding diaryl/α,β-unsaturated/α-hetero) is 1. The van der Waals surface area contributed by atoms with Gasteiger partial charge in [0.05, 0.1) is 0 Å². The quantitative estimate of drug-likeness (QED) is 0.365. The molecule has 1 atom stereocenters. The summed E-state index contributed by atoms with van der Waals surface area (Å²) in [4.78, 5) is 21.8. The highest BCUT2D eigenvalue weighted by atomic mass is 16.6. The van der Waals surface area contributed by atoms with E-state index in [1.807, 2.05) is 0 Å². The smallest absolute Gasteiger partial charge is 0.220 e. The summed E-state index contributed by atoms with van der Waals surface area (Å²) in [5.41, 5.74) is -1.00. The van der Waals surface area contributed by atoms with E-state index in [1.165, 1.54) is 6.92 Å². The molecule has 0 saturated carbocycles. The highest BCUT2D eigenvalue weighted by molar-refractivity contribution is 5.75. The number of unbranched alkanes of at least 4 members (excludes halogenated alkanes) is 2. The van der Waals surface area contributed by atoms with Crippen LogP contribution in [0, 0.1) is 16.0 Å². The van der Waals surface area contributed by atoms with Gasteiger partial charge in [-0.05, 0) is 13.3 Å². The molecule has 0 rings (SSSR count). The minimum Gasteiger partial charge on any atom is -0.300 e. The molecule has 4 heteroatoms. The van der Waals surface area contributed by atoms with Gasteiger partial charge in [-0.25, -0.2) is 0 Å². The number of hydrogen-bond donors (Lipinski definition) is 0. The molecule has 0 spiro atoms. The molecule has 0 radical (unpaired) electrons. The average molecular weight is 229 g/mol. The number of ketones is 1. The Kier molecular flexibility index (Phi) is 6.22. The van der Waals surface area contributed by atoms with Crippen molar-refractivity contribution in [3.05, 3.63) is 10.1 Å². The summed E-state index contributed by atoms with van der Waals surface area (Å²) in [6, 6.07) is 0. The Balaban J connectivity index is 4.52. The molecular weight excluding hydrogens is 206 g/mol. The highest BCUT2D eigenvalue weighted by Gasteiger charge is 2.40. The number of nitro groups is 1. The molecule has 0 heterocycles. The summed E-state index contributed by atoms with van der Waals surface area (Å²) in [6.07, 6.45) is 4.21. The van der Waals surface area contributed by atoms with Crippen molar-refractivity contribution in [2.24, 2.45) is 5.92 Å². The van der Waals surface area contributed by atoms with E-state index >= 15 is 0 Å². The number of carbonyl (C=O) groups is 1. The lowest BCUT2D eigenvalue weighted by Gasteiger charge is -2.26. The Morgan fingerprint density at radius 3 is 2.31 bits per heavy atom. The third-order valence-electron chi connectivity index (χ3n) is 3.16. The SMILES string of the molecule is CCCCC[C@H](CC(C)=O)C(C)(C)[N+](=O)[O-]. The van der Waals surface area contributed by atoms with Crippen LogP contribution in [0.25, 0.3) is 0 Å². The lowest BCUT2D eigenvalue weighted by molar-refractivity contribution is -0.571. The fraction of sp³-hybridized carbons (Fsp3) is 0.917. The minimum absolute atomic E-state index is 0.0384. The van der Waals surface area contributed by atoms with Gasteiger partial charge in [-0.2, -0.15) is 0 Å². The predicted octanol–water partition coefficient (Wildman–Crippen LogP) is 3.22. The Labute approximate surface area is 97.6 Å². The largest absolute Gasteiger partial charge is 0.300 e. The first-order chi connectivity index (χ1) is 7.32. The molecule has 0 aromatic rings. The maximum atomic E-state index is 11.1. The van der Waals surface area contributed by atoms with Gasteiger partial charge in [-0.1, -0.05) is 26.2 Å². The standard InChI is InChI=1S/C12H23NO3/c1-5-6-7-8-11(9-10(2)14)12(3,4)13(15)16/h11H,5-9H2,1-4H3/t11-/m1/s1. The monoisotopic (exact) mass is 229 g/mol. The van der Waals surface area contributed by atoms with E-state index in [9.17, 15) is 14.9 Å². The van der Waals surface area contributed by atoms with E-state index in [2.05, 4.69) is 6.92 Å². The summed E-state index contributed by atoms with van der Waals surface area (Å²) in [6.45, 7) is 6.83. The topological polar surface area (TPSA) is 60.2 Å². The van der Waals surface area contributed by atoms with Crippen molar-refractivity contribution in [2.45, 2.75) is 65.3 Å². The predicted molar refractivity (Wildman–Crippen MR) is 64.0 cm³/mol. The molecule has 0 aliphatic heterocycles. The van der Waals surface area contributed by atoms with Gasteiger partial charge < -0.3 is 4.79 Å². The first kappa shape index (κ1) is 15.1. The first-order valence-electron chi connectivity index (χ1n) is 5.96. The van der Waals surface area contributed by atoms with Crippen LogP contribution < -0.4 is 0 Å². The Morgan fingerprint density at radius 1 is 1.38 bits per heavy atom. The Morgan fingerprint density at radius 2 is 1.94 bits per heavy atom. The minimum atomic E-state index is -1.00. The second kappa shape index (κ2) is 6.61. The van der Waals surface area contributed by atoms with Gasteiger partial charge in [0.15, 0.2) is 0 Å². The lowest BCUT2D eigenvalue weighted by atomic mass is 9.80. The van der Waals surface area contributed by atoms with Crippen LogP contribution >= 0.6 is 0 Å². The first-order valence-corrected chi connectivity index (χ1v) is 5.96. The molecule has 0 fully saturated rings. The number of carbonyl (C=O) groups excluding carboxylic acids is 1. The van der Waals surface area contributed by atoms with Crippen LogP contribution in [-0.2, 0) is 4.79 Å². The van der Waals surface area contributed by atoms with Gasteiger partial charge in [0.1, 0.15) is 5.78 Å². The van der Waals surface area contributed by atoms with Gasteiger partial charge in [-0.15, -0.1) is 0 Å². The maximum Gasteiger partial charge on any atom is 0.220 e. The van der Waals surface area contributed by atoms with Crippen LogP contribution in [0.1, 0.15) is 59.8 Å². The molecule has 94 valence electrons. The molecule has 0 aliphatic rings. The van der Waals surface area contributed by atoms with Gasteiger partial charge in [0.2, 0.25) is 5.54 Å². The van der Waals surface area contributed by atoms with Crippen molar-refractivity contribution in [3.8, 4) is 0 Å². The van der Waals surface area contributed by atoms with E-state index in [1.54, 1.807) is 13.8 Å². The number of hydrogen-bond acceptors (Lipinski definition) is 3. The van der Waals surface area contributed by atoms with Crippen molar-refractivity contribution < 1.29 is 9.72 Å². The normalized spacial score (nSPS) is 13.5. The summed E-state index contributed by atoms with van der Waals surface area (Å²) >= 11 is 0. The van der Waals surface area contributed by atoms with E-state index in [4.69, 9.17) is 0 Å². The molecule has 4 nitrogen and oxygen atoms in total. The molecule has 0 unspecified atom stereocenters. The van der Waals surface area contributed by atoms with Crippen LogP contribution in [0.15, 0.2) is 0 Å². The summed E-state index contributed by atoms with van der Waals surface area (Å²) < 4.78 is 0. The summed E-state index contributed by atoms with van der Waals surface area (Å²) in [5, 5.41) is 11.0. The molecular formula is C12H23NO3. The molecule has 0 aromatic heterocycles. The molecule has 0 saturated heterocycles. The zero-order chi connectivity index (χ0) is 12.8. The summed E-state index contributed by atoms with van der Waals surface area (Å²) in [5.74, 6) is -0.108. The fourth-order valence-electron chi connectivity index (χ4n) is 1.84. The number of rotatable bonds is 8. The van der Waals surface area contributed by atoms with E-state index in [0.29, 0.717) is 6.42 Å². The van der Waals surface area contributed by atoms with E-state index < -0.39 is 5.54 Å². The third kappa shape index (κ3) is 4.73. The van der Waals surface area contributed by atoms with Crippen LogP contribution in [0.4, 0.5) is 0 Å². The summed E-state index contributed by atoms with van der Waals surface area (Å²) in [7, 11) is 0. The van der Waals surface area contributed by atoms with E-state index in [0.717, 1.165) is 25.7 Å². The van der Waals surface area contributed by atoms with Crippen molar-refractivity contribution >= 4 is 5.78 Å². The number of nitrogens with zero attached hydrogens (tertiary/aromatic N) is 1. The average Bonchev–Trinajstić information content (AvgIpc) is 2.15. The Bertz CT molecular complexity index is 249. The molecule has 0 N–H and O–H groups in total. The maximum absolute atomic E-state index is 11.1. The van der Waals surface area contributed by atoms with Crippen molar-refractivity contribution in [1.29, 1.82) is 0 Å². The molecule has 0 bridgehead atoms. The van der Waals surface area contributed by atoms with Gasteiger partial charge in [0, 0.05) is 31.1 Å². The lowest BCUT2D eigenvalue weighted by Crippen LogP contribution is -2.40. The Hall–Kier alpha value is -0.930. The fourth-order valence-corrected chi connectivity index (χ4v) is 1.84. The highest BCUT2D eigenvalue weighted by Crippen LogP contribution is 2.29. The van der Waals surface area contributed by atoms with Crippen molar-refractivity contribution in [1.82, 2.24) is 0 Å². The van der Waals surface area contributed by atoms with Gasteiger partial charge in [-0.3, -0.25) is 10.1 Å². The van der Waals surface area contributed by atoms with Gasteiger partial charge >= 0.3 is 0 Å². The molecule has 0 aliphatic carbocycles. The van der Waals surface area contributed by atoms with Crippen LogP contribution in [-0.4, -0.2) is 16.2 Å². The van der Waals surface area contributed by atoms with Crippen molar-refractivity contribution in [3.63, 3.8) is 0 Å². The van der Waals surface area contributed by atoms with Crippen LogP contribution in [0.3, 0.4) is 0 Å². The van der Waals surface area contributed by atoms with Gasteiger partial charge in [0.25, 0.3) is 0 Å². The zero-order valence-corrected chi connectivity index (χ0v) is 10.8. The molecule has 16 heavy (non-hydrogen) atoms. The van der Waals surface area contributed by atoms with E-state index in [-0.39, 0.29) is 16.6 Å². The van der Waals surface area contributed by atoms with Crippen molar-refractivity contribution in [2.75, 3.05) is 0 Å². The van der Waals surface area contributed by atoms with Crippen LogP contribution in [0.5, 0.6) is 0 Å². The third-order valence-corrected chi connectivity index (χ3v) is 3.16.